The largest absolute Gasteiger partial charge is 0.493 e. The molecule has 1 aromatic carbocycles. The molecule has 5 rings (SSSR count). The molecule has 0 spiro atoms. The quantitative estimate of drug-likeness (QED) is 0.258. The molecule has 4 aromatic rings. The summed E-state index contributed by atoms with van der Waals surface area (Å²) in [5, 5.41) is 13.9. The van der Waals surface area contributed by atoms with Crippen molar-refractivity contribution in [2.75, 3.05) is 39.1 Å². The van der Waals surface area contributed by atoms with E-state index in [-0.39, 0.29) is 0 Å². The lowest BCUT2D eigenvalue weighted by atomic mass is 10.1. The molecular formula is C29H34N8O. The molecule has 3 N–H and O–H groups in total. The highest BCUT2D eigenvalue weighted by Crippen LogP contribution is 2.24. The SMILES string of the molecule is CN/C=C(\C=N)c1ccc(CNc2cc(-c3cnc4cc(OCCC5CCN(C)C5)ccn34)ncn2)cc1. The average molecular weight is 511 g/mol. The third-order valence-electron chi connectivity index (χ3n) is 6.91. The highest BCUT2D eigenvalue weighted by molar-refractivity contribution is 6.08. The molecule has 0 aliphatic carbocycles. The van der Waals surface area contributed by atoms with E-state index in [0.29, 0.717) is 6.54 Å². The van der Waals surface area contributed by atoms with Crippen LogP contribution in [0, 0.1) is 11.3 Å². The van der Waals surface area contributed by atoms with Crippen molar-refractivity contribution in [1.82, 2.24) is 29.6 Å². The van der Waals surface area contributed by atoms with E-state index in [9.17, 15) is 0 Å². The molecule has 1 aliphatic rings. The number of hydrogen-bond donors (Lipinski definition) is 3. The van der Waals surface area contributed by atoms with Crippen LogP contribution in [0.4, 0.5) is 5.82 Å². The van der Waals surface area contributed by atoms with Gasteiger partial charge in [0.15, 0.2) is 0 Å². The zero-order valence-corrected chi connectivity index (χ0v) is 21.9. The smallest absolute Gasteiger partial charge is 0.140 e. The number of allylic oxidation sites excluding steroid dienone is 1. The van der Waals surface area contributed by atoms with Gasteiger partial charge in [-0.05, 0) is 49.5 Å². The van der Waals surface area contributed by atoms with Crippen molar-refractivity contribution in [3.8, 4) is 17.1 Å². The van der Waals surface area contributed by atoms with Crippen LogP contribution < -0.4 is 15.4 Å². The number of likely N-dealkylation sites (tertiary alicyclic amines) is 1. The summed E-state index contributed by atoms with van der Waals surface area (Å²) in [6.07, 6.45) is 10.9. The number of aromatic nitrogens is 4. The molecule has 1 unspecified atom stereocenters. The third-order valence-corrected chi connectivity index (χ3v) is 6.91. The number of pyridine rings is 1. The minimum Gasteiger partial charge on any atom is -0.493 e. The summed E-state index contributed by atoms with van der Waals surface area (Å²) in [6, 6.07) is 14.0. The van der Waals surface area contributed by atoms with Gasteiger partial charge in [-0.15, -0.1) is 0 Å². The molecule has 0 bridgehead atoms. The van der Waals surface area contributed by atoms with Crippen LogP contribution >= 0.6 is 0 Å². The number of fused-ring (bicyclic) bond motifs is 1. The fourth-order valence-electron chi connectivity index (χ4n) is 4.81. The number of hydrogen-bond acceptors (Lipinski definition) is 8. The Morgan fingerprint density at radius 3 is 2.79 bits per heavy atom. The van der Waals surface area contributed by atoms with Crippen LogP contribution in [0.2, 0.25) is 0 Å². The minimum absolute atomic E-state index is 0.622. The maximum atomic E-state index is 7.58. The molecule has 0 radical (unpaired) electrons. The molecule has 9 heteroatoms. The van der Waals surface area contributed by atoms with Crippen molar-refractivity contribution in [3.05, 3.63) is 78.5 Å². The van der Waals surface area contributed by atoms with Crippen molar-refractivity contribution in [2.45, 2.75) is 19.4 Å². The van der Waals surface area contributed by atoms with Crippen molar-refractivity contribution in [1.29, 1.82) is 5.41 Å². The molecule has 0 saturated carbocycles. The van der Waals surface area contributed by atoms with Crippen LogP contribution in [-0.2, 0) is 6.54 Å². The summed E-state index contributed by atoms with van der Waals surface area (Å²) in [5.74, 6) is 2.30. The first-order chi connectivity index (χ1) is 18.6. The summed E-state index contributed by atoms with van der Waals surface area (Å²) in [6.45, 7) is 3.69. The lowest BCUT2D eigenvalue weighted by Gasteiger charge is -2.12. The van der Waals surface area contributed by atoms with Crippen LogP contribution in [0.15, 0.2) is 67.4 Å². The maximum Gasteiger partial charge on any atom is 0.140 e. The van der Waals surface area contributed by atoms with Gasteiger partial charge in [0.05, 0.1) is 24.2 Å². The number of nitrogens with zero attached hydrogens (tertiary/aromatic N) is 5. The fourth-order valence-corrected chi connectivity index (χ4v) is 4.81. The molecule has 196 valence electrons. The van der Waals surface area contributed by atoms with Crippen LogP contribution in [0.5, 0.6) is 5.75 Å². The first kappa shape index (κ1) is 25.4. The second-order valence-electron chi connectivity index (χ2n) is 9.66. The highest BCUT2D eigenvalue weighted by atomic mass is 16.5. The monoisotopic (exact) mass is 510 g/mol. The summed E-state index contributed by atoms with van der Waals surface area (Å²) < 4.78 is 8.05. The van der Waals surface area contributed by atoms with E-state index in [1.165, 1.54) is 19.2 Å². The lowest BCUT2D eigenvalue weighted by Crippen LogP contribution is -2.15. The molecule has 3 aromatic heterocycles. The minimum atomic E-state index is 0.622. The van der Waals surface area contributed by atoms with Crippen molar-refractivity contribution >= 4 is 23.3 Å². The van der Waals surface area contributed by atoms with E-state index < -0.39 is 0 Å². The third kappa shape index (κ3) is 6.00. The van der Waals surface area contributed by atoms with E-state index >= 15 is 0 Å². The van der Waals surface area contributed by atoms with Gasteiger partial charge in [-0.25, -0.2) is 15.0 Å². The predicted molar refractivity (Wildman–Crippen MR) is 152 cm³/mol. The first-order valence-electron chi connectivity index (χ1n) is 12.9. The van der Waals surface area contributed by atoms with Crippen molar-refractivity contribution in [3.63, 3.8) is 0 Å². The fraction of sp³-hybridized carbons (Fsp3) is 0.310. The van der Waals surface area contributed by atoms with Crippen LogP contribution in [0.3, 0.4) is 0 Å². The first-order valence-corrected chi connectivity index (χ1v) is 12.9. The summed E-state index contributed by atoms with van der Waals surface area (Å²) in [4.78, 5) is 15.8. The van der Waals surface area contributed by atoms with E-state index in [4.69, 9.17) is 10.1 Å². The Kier molecular flexibility index (Phi) is 7.94. The molecule has 38 heavy (non-hydrogen) atoms. The van der Waals surface area contributed by atoms with Crippen LogP contribution in [0.1, 0.15) is 24.0 Å². The standard InChI is InChI=1S/C29H34N8O/c1-31-17-24(15-30)23-5-3-21(4-6-23)16-32-28-14-26(34-20-35-28)27-18-33-29-13-25(8-11-37(27)29)38-12-9-22-7-10-36(2)19-22/h3-6,8,11,13-15,17-18,20,22,30-31H,7,9-10,12,16,19H2,1-2H3,(H,32,34,35)/b24-17+,30-15?. The second kappa shape index (κ2) is 11.9. The Labute approximate surface area is 223 Å². The van der Waals surface area contributed by atoms with Gasteiger partial charge >= 0.3 is 0 Å². The van der Waals surface area contributed by atoms with Gasteiger partial charge in [0.25, 0.3) is 0 Å². The normalized spacial score (nSPS) is 16.1. The maximum absolute atomic E-state index is 7.58. The molecule has 4 heterocycles. The number of anilines is 1. The molecule has 9 nitrogen and oxygen atoms in total. The Hall–Kier alpha value is -4.24. The number of nitrogens with one attached hydrogen (secondary N) is 3. The summed E-state index contributed by atoms with van der Waals surface area (Å²) in [5.41, 5.74) is 5.44. The average Bonchev–Trinajstić information content (AvgIpc) is 3.56. The number of imidazole rings is 1. The van der Waals surface area contributed by atoms with Crippen molar-refractivity contribution in [2.24, 2.45) is 5.92 Å². The van der Waals surface area contributed by atoms with E-state index in [1.54, 1.807) is 6.33 Å². The van der Waals surface area contributed by atoms with E-state index in [0.717, 1.165) is 70.8 Å². The van der Waals surface area contributed by atoms with Gasteiger partial charge in [0.2, 0.25) is 0 Å². The van der Waals surface area contributed by atoms with Crippen molar-refractivity contribution < 1.29 is 4.74 Å². The Balaban J connectivity index is 1.22. The van der Waals surface area contributed by atoms with Gasteiger partial charge in [0, 0.05) is 56.5 Å². The second-order valence-corrected chi connectivity index (χ2v) is 9.66. The number of ether oxygens (including phenoxy) is 1. The molecule has 1 aliphatic heterocycles. The molecule has 1 fully saturated rings. The lowest BCUT2D eigenvalue weighted by molar-refractivity contribution is 0.276. The Morgan fingerprint density at radius 1 is 1.16 bits per heavy atom. The molecule has 0 amide bonds. The van der Waals surface area contributed by atoms with Crippen LogP contribution in [-0.4, -0.2) is 64.3 Å². The van der Waals surface area contributed by atoms with Crippen LogP contribution in [0.25, 0.3) is 22.6 Å². The molecular weight excluding hydrogens is 476 g/mol. The zero-order chi connectivity index (χ0) is 26.3. The summed E-state index contributed by atoms with van der Waals surface area (Å²) in [7, 11) is 4.01. The van der Waals surface area contributed by atoms with Gasteiger partial charge in [0.1, 0.15) is 23.5 Å². The van der Waals surface area contributed by atoms with Gasteiger partial charge in [-0.1, -0.05) is 24.3 Å². The summed E-state index contributed by atoms with van der Waals surface area (Å²) >= 11 is 0. The molecule has 1 saturated heterocycles. The van der Waals surface area contributed by atoms with E-state index in [2.05, 4.69) is 37.5 Å². The topological polar surface area (TPSA) is 103 Å². The van der Waals surface area contributed by atoms with Gasteiger partial charge in [-0.3, -0.25) is 4.40 Å². The number of benzene rings is 1. The highest BCUT2D eigenvalue weighted by Gasteiger charge is 2.19. The predicted octanol–water partition coefficient (Wildman–Crippen LogP) is 4.33. The Morgan fingerprint density at radius 2 is 2.03 bits per heavy atom. The number of rotatable bonds is 11. The van der Waals surface area contributed by atoms with E-state index in [1.807, 2.05) is 72.5 Å². The Bertz CT molecular complexity index is 1410. The van der Waals surface area contributed by atoms with Gasteiger partial charge < -0.3 is 25.7 Å². The zero-order valence-electron chi connectivity index (χ0n) is 21.9. The van der Waals surface area contributed by atoms with Gasteiger partial charge in [-0.2, -0.15) is 0 Å². The molecule has 1 atom stereocenters.